The Morgan fingerprint density at radius 3 is 2.30 bits per heavy atom. The summed E-state index contributed by atoms with van der Waals surface area (Å²) in [7, 11) is 3.34. The van der Waals surface area contributed by atoms with Crippen molar-refractivity contribution in [2.75, 3.05) is 38.7 Å². The number of ether oxygens (including phenoxy) is 1. The Hall–Kier alpha value is -3.31. The number of anilines is 2. The quantitative estimate of drug-likeness (QED) is 0.228. The van der Waals surface area contributed by atoms with Crippen LogP contribution >= 0.6 is 24.0 Å². The van der Waals surface area contributed by atoms with Gasteiger partial charge in [-0.3, -0.25) is 19.9 Å². The van der Waals surface area contributed by atoms with E-state index < -0.39 is 11.9 Å². The van der Waals surface area contributed by atoms with E-state index in [1.165, 1.54) is 4.90 Å². The average Bonchev–Trinajstić information content (AvgIpc) is 2.74. The molecule has 0 bridgehead atoms. The Bertz CT molecular complexity index is 986. The largest absolute Gasteiger partial charge is 0.484 e. The number of aryl methyl sites for hydroxylation is 1. The van der Waals surface area contributed by atoms with Crippen molar-refractivity contribution in [1.82, 2.24) is 19.8 Å². The van der Waals surface area contributed by atoms with Crippen molar-refractivity contribution < 1.29 is 14.3 Å². The molecule has 2 amide bonds. The SMILES string of the molecule is CN(C)C(=O)COc1ccc(CCCCN(C(=N)N)C(=O)c2nc(Cl)c(N)nc2N)cc1.Cl. The van der Waals surface area contributed by atoms with E-state index in [1.54, 1.807) is 26.2 Å². The third-order valence-corrected chi connectivity index (χ3v) is 4.80. The van der Waals surface area contributed by atoms with Crippen LogP contribution in [0, 0.1) is 5.41 Å². The van der Waals surface area contributed by atoms with Gasteiger partial charge in [-0.15, -0.1) is 12.4 Å². The molecule has 1 aromatic carbocycles. The van der Waals surface area contributed by atoms with Crippen molar-refractivity contribution >= 4 is 53.4 Å². The fourth-order valence-electron chi connectivity index (χ4n) is 2.68. The average molecular weight is 499 g/mol. The number of hydrogen-bond donors (Lipinski definition) is 4. The zero-order chi connectivity index (χ0) is 23.8. The summed E-state index contributed by atoms with van der Waals surface area (Å²) in [6, 6.07) is 7.43. The minimum absolute atomic E-state index is 0. The van der Waals surface area contributed by atoms with Gasteiger partial charge in [-0.05, 0) is 37.0 Å². The summed E-state index contributed by atoms with van der Waals surface area (Å²) in [4.78, 5) is 34.5. The number of benzene rings is 1. The van der Waals surface area contributed by atoms with Crippen LogP contribution in [0.3, 0.4) is 0 Å². The topological polar surface area (TPSA) is 178 Å². The summed E-state index contributed by atoms with van der Waals surface area (Å²) >= 11 is 5.83. The Kier molecular flexibility index (Phi) is 10.6. The second kappa shape index (κ2) is 12.7. The highest BCUT2D eigenvalue weighted by atomic mass is 35.5. The lowest BCUT2D eigenvalue weighted by molar-refractivity contribution is -0.130. The van der Waals surface area contributed by atoms with E-state index in [1.807, 2.05) is 12.1 Å². The fourth-order valence-corrected chi connectivity index (χ4v) is 2.81. The number of carbonyl (C=O) groups is 2. The summed E-state index contributed by atoms with van der Waals surface area (Å²) in [6.45, 7) is 0.181. The van der Waals surface area contributed by atoms with Crippen LogP contribution in [0.5, 0.6) is 5.75 Å². The number of likely N-dealkylation sites (N-methyl/N-ethyl adjacent to an activating group) is 1. The molecule has 2 rings (SSSR count). The van der Waals surface area contributed by atoms with Crippen molar-refractivity contribution in [2.45, 2.75) is 19.3 Å². The first-order valence-electron chi connectivity index (χ1n) is 9.76. The number of hydrogen-bond acceptors (Lipinski definition) is 8. The minimum atomic E-state index is -0.668. The molecule has 0 saturated carbocycles. The molecule has 0 fully saturated rings. The molecule has 13 heteroatoms. The molecule has 1 aromatic heterocycles. The van der Waals surface area contributed by atoms with E-state index in [4.69, 9.17) is 38.9 Å². The molecule has 0 aliphatic rings. The molecule has 7 N–H and O–H groups in total. The van der Waals surface area contributed by atoms with E-state index in [9.17, 15) is 9.59 Å². The maximum atomic E-state index is 12.7. The Morgan fingerprint density at radius 2 is 1.73 bits per heavy atom. The second-order valence-electron chi connectivity index (χ2n) is 7.15. The number of carbonyl (C=O) groups excluding carboxylic acids is 2. The third kappa shape index (κ3) is 7.95. The van der Waals surface area contributed by atoms with Gasteiger partial charge < -0.3 is 26.8 Å². The molecule has 2 aromatic rings. The summed E-state index contributed by atoms with van der Waals surface area (Å²) in [5.41, 5.74) is 17.7. The minimum Gasteiger partial charge on any atom is -0.484 e. The fraction of sp³-hybridized carbons (Fsp3) is 0.350. The van der Waals surface area contributed by atoms with E-state index in [0.29, 0.717) is 12.2 Å². The highest BCUT2D eigenvalue weighted by Gasteiger charge is 2.23. The Morgan fingerprint density at radius 1 is 1.09 bits per heavy atom. The first-order valence-corrected chi connectivity index (χ1v) is 10.1. The smallest absolute Gasteiger partial charge is 0.283 e. The Balaban J connectivity index is 0.00000544. The number of amides is 2. The Labute approximate surface area is 203 Å². The normalized spacial score (nSPS) is 10.2. The summed E-state index contributed by atoms with van der Waals surface area (Å²) in [6.07, 6.45) is 2.06. The molecule has 0 aliphatic carbocycles. The van der Waals surface area contributed by atoms with E-state index in [2.05, 4.69) is 9.97 Å². The first-order chi connectivity index (χ1) is 15.1. The maximum Gasteiger partial charge on any atom is 0.283 e. The van der Waals surface area contributed by atoms with Crippen molar-refractivity contribution in [3.63, 3.8) is 0 Å². The number of rotatable bonds is 9. The first kappa shape index (κ1) is 27.7. The summed E-state index contributed by atoms with van der Waals surface area (Å²) < 4.78 is 5.45. The molecular formula is C20H28Cl2N8O3. The monoisotopic (exact) mass is 498 g/mol. The zero-order valence-electron chi connectivity index (χ0n) is 18.4. The molecule has 0 atom stereocenters. The summed E-state index contributed by atoms with van der Waals surface area (Å²) in [5, 5.41) is 7.56. The van der Waals surface area contributed by atoms with Crippen LogP contribution in [0.15, 0.2) is 24.3 Å². The molecule has 0 unspecified atom stereocenters. The maximum absolute atomic E-state index is 12.7. The van der Waals surface area contributed by atoms with Crippen molar-refractivity contribution in [1.29, 1.82) is 5.41 Å². The number of nitrogen functional groups attached to an aromatic ring is 2. The van der Waals surface area contributed by atoms with Gasteiger partial charge in [0.2, 0.25) is 0 Å². The van der Waals surface area contributed by atoms with Crippen molar-refractivity contribution in [2.24, 2.45) is 5.73 Å². The lowest BCUT2D eigenvalue weighted by atomic mass is 10.1. The molecule has 1 heterocycles. The molecular weight excluding hydrogens is 471 g/mol. The molecule has 33 heavy (non-hydrogen) atoms. The number of unbranched alkanes of at least 4 members (excludes halogenated alkanes) is 1. The number of guanidine groups is 1. The van der Waals surface area contributed by atoms with Crippen LogP contribution in [0.4, 0.5) is 11.6 Å². The van der Waals surface area contributed by atoms with Crippen molar-refractivity contribution in [3.05, 3.63) is 40.7 Å². The molecule has 11 nitrogen and oxygen atoms in total. The van der Waals surface area contributed by atoms with Crippen LogP contribution in [-0.2, 0) is 11.2 Å². The van der Waals surface area contributed by atoms with Crippen LogP contribution < -0.4 is 21.9 Å². The van der Waals surface area contributed by atoms with Gasteiger partial charge in [0, 0.05) is 20.6 Å². The van der Waals surface area contributed by atoms with Gasteiger partial charge in [0.1, 0.15) is 5.75 Å². The third-order valence-electron chi connectivity index (χ3n) is 4.53. The number of nitrogens with one attached hydrogen (secondary N) is 1. The van der Waals surface area contributed by atoms with Gasteiger partial charge in [0.25, 0.3) is 11.8 Å². The highest BCUT2D eigenvalue weighted by Crippen LogP contribution is 2.19. The molecule has 0 radical (unpaired) electrons. The summed E-state index contributed by atoms with van der Waals surface area (Å²) in [5.74, 6) is -0.879. The van der Waals surface area contributed by atoms with Gasteiger partial charge in [-0.25, -0.2) is 9.97 Å². The second-order valence-corrected chi connectivity index (χ2v) is 7.51. The lowest BCUT2D eigenvalue weighted by Gasteiger charge is -2.20. The predicted molar refractivity (Wildman–Crippen MR) is 130 cm³/mol. The standard InChI is InChI=1S/C20H27ClN8O3.ClH/c1-28(2)14(30)11-32-13-8-6-12(7-9-13)5-3-4-10-29(20(24)25)19(31)15-17(22)27-18(23)16(21)26-15;/h6-9H,3-5,10-11H2,1-2H3,(H3,24,25)(H4,22,23,27);1H. The van der Waals surface area contributed by atoms with Crippen LogP contribution in [0.2, 0.25) is 5.15 Å². The number of nitrogens with two attached hydrogens (primary N) is 3. The van der Waals surface area contributed by atoms with E-state index >= 15 is 0 Å². The highest BCUT2D eigenvalue weighted by molar-refractivity contribution is 6.31. The predicted octanol–water partition coefficient (Wildman–Crippen LogP) is 1.54. The molecule has 180 valence electrons. The van der Waals surface area contributed by atoms with Crippen molar-refractivity contribution in [3.8, 4) is 5.75 Å². The number of nitrogens with zero attached hydrogens (tertiary/aromatic N) is 4. The zero-order valence-corrected chi connectivity index (χ0v) is 19.9. The van der Waals surface area contributed by atoms with E-state index in [-0.39, 0.29) is 53.9 Å². The van der Waals surface area contributed by atoms with Gasteiger partial charge in [0.05, 0.1) is 0 Å². The molecule has 0 saturated heterocycles. The molecule has 0 spiro atoms. The van der Waals surface area contributed by atoms with Gasteiger partial charge in [-0.2, -0.15) is 0 Å². The van der Waals surface area contributed by atoms with Crippen LogP contribution in [0.25, 0.3) is 0 Å². The van der Waals surface area contributed by atoms with Gasteiger partial charge in [0.15, 0.2) is 35.0 Å². The lowest BCUT2D eigenvalue weighted by Crippen LogP contribution is -2.42. The van der Waals surface area contributed by atoms with Crippen LogP contribution in [0.1, 0.15) is 28.9 Å². The number of aromatic nitrogens is 2. The van der Waals surface area contributed by atoms with E-state index in [0.717, 1.165) is 23.3 Å². The molecule has 0 aliphatic heterocycles. The number of halogens is 2. The van der Waals surface area contributed by atoms with Gasteiger partial charge >= 0.3 is 0 Å². The van der Waals surface area contributed by atoms with Gasteiger partial charge in [-0.1, -0.05) is 23.7 Å². The van der Waals surface area contributed by atoms with Crippen LogP contribution in [-0.4, -0.2) is 64.8 Å².